The van der Waals surface area contributed by atoms with Gasteiger partial charge in [0.15, 0.2) is 0 Å². The van der Waals surface area contributed by atoms with E-state index in [2.05, 4.69) is 13.0 Å². The summed E-state index contributed by atoms with van der Waals surface area (Å²) in [7, 11) is 0. The van der Waals surface area contributed by atoms with Gasteiger partial charge >= 0.3 is 0 Å². The van der Waals surface area contributed by atoms with E-state index in [1.165, 1.54) is 32.1 Å². The molecule has 1 atom stereocenters. The number of nitriles is 1. The highest BCUT2D eigenvalue weighted by molar-refractivity contribution is 8.00. The summed E-state index contributed by atoms with van der Waals surface area (Å²) in [5.74, 6) is 0. The Morgan fingerprint density at radius 1 is 1.42 bits per heavy atom. The summed E-state index contributed by atoms with van der Waals surface area (Å²) in [6.07, 6.45) is 7.82. The van der Waals surface area contributed by atoms with Crippen LogP contribution in [0.15, 0.2) is 0 Å². The Hall–Kier alpha value is -0.160. The molecule has 1 unspecified atom stereocenters. The van der Waals surface area contributed by atoms with Crippen LogP contribution in [0.2, 0.25) is 0 Å². The summed E-state index contributed by atoms with van der Waals surface area (Å²) in [5, 5.41) is 9.81. The first kappa shape index (κ1) is 9.92. The molecule has 1 fully saturated rings. The second-order valence-corrected chi connectivity index (χ2v) is 4.93. The molecule has 0 aromatic rings. The van der Waals surface area contributed by atoms with Crippen molar-refractivity contribution in [3.05, 3.63) is 0 Å². The summed E-state index contributed by atoms with van der Waals surface area (Å²) in [6.45, 7) is 2.10. The summed E-state index contributed by atoms with van der Waals surface area (Å²) in [5.41, 5.74) is 0. The Morgan fingerprint density at radius 2 is 2.08 bits per heavy atom. The fourth-order valence-electron chi connectivity index (χ4n) is 1.65. The van der Waals surface area contributed by atoms with Crippen LogP contribution < -0.4 is 0 Å². The summed E-state index contributed by atoms with van der Waals surface area (Å²) in [6, 6.07) is 2.36. The van der Waals surface area contributed by atoms with Gasteiger partial charge < -0.3 is 0 Å². The van der Waals surface area contributed by atoms with Gasteiger partial charge in [0.2, 0.25) is 0 Å². The molecular formula is C10H17NS. The highest BCUT2D eigenvalue weighted by Gasteiger charge is 2.17. The second-order valence-electron chi connectivity index (χ2n) is 3.42. The molecule has 1 nitrogen and oxygen atoms in total. The van der Waals surface area contributed by atoms with Gasteiger partial charge in [-0.2, -0.15) is 5.26 Å². The standard InChI is InChI=1S/C10H17NS/c1-2-9(8-11)12-10-6-4-3-5-7-10/h9-10H,2-7H2,1H3. The van der Waals surface area contributed by atoms with E-state index in [1.54, 1.807) is 0 Å². The van der Waals surface area contributed by atoms with Gasteiger partial charge in [-0.05, 0) is 19.3 Å². The zero-order chi connectivity index (χ0) is 8.81. The van der Waals surface area contributed by atoms with E-state index in [0.717, 1.165) is 11.7 Å². The third kappa shape index (κ3) is 3.06. The summed E-state index contributed by atoms with van der Waals surface area (Å²) >= 11 is 1.90. The first-order chi connectivity index (χ1) is 5.86. The maximum atomic E-state index is 8.79. The SMILES string of the molecule is CCC(C#N)SC1CCCCC1. The third-order valence-electron chi connectivity index (χ3n) is 2.42. The molecule has 2 heteroatoms. The molecular weight excluding hydrogens is 166 g/mol. The van der Waals surface area contributed by atoms with E-state index < -0.39 is 0 Å². The lowest BCUT2D eigenvalue weighted by atomic mass is 10.0. The average molecular weight is 183 g/mol. The van der Waals surface area contributed by atoms with E-state index in [0.29, 0.717) is 0 Å². The molecule has 1 aliphatic rings. The monoisotopic (exact) mass is 183 g/mol. The minimum atomic E-state index is 0.244. The normalized spacial score (nSPS) is 21.7. The van der Waals surface area contributed by atoms with Crippen LogP contribution >= 0.6 is 11.8 Å². The lowest BCUT2D eigenvalue weighted by molar-refractivity contribution is 0.515. The van der Waals surface area contributed by atoms with Crippen LogP contribution in [-0.4, -0.2) is 10.5 Å². The molecule has 0 N–H and O–H groups in total. The number of hydrogen-bond donors (Lipinski definition) is 0. The smallest absolute Gasteiger partial charge is 0.0916 e. The fourth-order valence-corrected chi connectivity index (χ4v) is 2.97. The summed E-state index contributed by atoms with van der Waals surface area (Å²) in [4.78, 5) is 0. The Morgan fingerprint density at radius 3 is 2.58 bits per heavy atom. The van der Waals surface area contributed by atoms with Crippen LogP contribution in [0.4, 0.5) is 0 Å². The van der Waals surface area contributed by atoms with Gasteiger partial charge in [-0.3, -0.25) is 0 Å². The highest BCUT2D eigenvalue weighted by atomic mass is 32.2. The van der Waals surface area contributed by atoms with Crippen LogP contribution in [0.25, 0.3) is 0 Å². The van der Waals surface area contributed by atoms with E-state index in [1.807, 2.05) is 11.8 Å². The number of thioether (sulfide) groups is 1. The fraction of sp³-hybridized carbons (Fsp3) is 0.900. The molecule has 1 rings (SSSR count). The molecule has 0 spiro atoms. The van der Waals surface area contributed by atoms with Crippen molar-refractivity contribution in [3.8, 4) is 6.07 Å². The highest BCUT2D eigenvalue weighted by Crippen LogP contribution is 2.31. The quantitative estimate of drug-likeness (QED) is 0.670. The van der Waals surface area contributed by atoms with Crippen molar-refractivity contribution in [2.24, 2.45) is 0 Å². The van der Waals surface area contributed by atoms with Crippen molar-refractivity contribution in [2.75, 3.05) is 0 Å². The Balaban J connectivity index is 2.24. The molecule has 0 aromatic heterocycles. The zero-order valence-corrected chi connectivity index (χ0v) is 8.57. The van der Waals surface area contributed by atoms with E-state index in [9.17, 15) is 0 Å². The lowest BCUT2D eigenvalue weighted by Crippen LogP contribution is -2.12. The van der Waals surface area contributed by atoms with Crippen LogP contribution in [0.3, 0.4) is 0 Å². The maximum absolute atomic E-state index is 8.79. The number of rotatable bonds is 3. The molecule has 0 radical (unpaired) electrons. The Labute approximate surface area is 79.5 Å². The molecule has 0 amide bonds. The Kier molecular flexibility index (Phi) is 4.53. The molecule has 0 saturated heterocycles. The van der Waals surface area contributed by atoms with Gasteiger partial charge in [-0.15, -0.1) is 11.8 Å². The van der Waals surface area contributed by atoms with E-state index in [4.69, 9.17) is 5.26 Å². The minimum Gasteiger partial charge on any atom is -0.197 e. The van der Waals surface area contributed by atoms with Crippen molar-refractivity contribution >= 4 is 11.8 Å². The van der Waals surface area contributed by atoms with E-state index >= 15 is 0 Å². The molecule has 1 aliphatic carbocycles. The van der Waals surface area contributed by atoms with Gasteiger partial charge in [0.05, 0.1) is 11.3 Å². The lowest BCUT2D eigenvalue weighted by Gasteiger charge is -2.22. The summed E-state index contributed by atoms with van der Waals surface area (Å²) < 4.78 is 0. The largest absolute Gasteiger partial charge is 0.197 e. The second kappa shape index (κ2) is 5.48. The number of nitrogens with zero attached hydrogens (tertiary/aromatic N) is 1. The van der Waals surface area contributed by atoms with Gasteiger partial charge in [0.25, 0.3) is 0 Å². The number of hydrogen-bond acceptors (Lipinski definition) is 2. The minimum absolute atomic E-state index is 0.244. The van der Waals surface area contributed by atoms with Gasteiger partial charge in [0, 0.05) is 5.25 Å². The molecule has 12 heavy (non-hydrogen) atoms. The first-order valence-corrected chi connectivity index (χ1v) is 5.86. The van der Waals surface area contributed by atoms with Gasteiger partial charge in [0.1, 0.15) is 0 Å². The van der Waals surface area contributed by atoms with Crippen molar-refractivity contribution < 1.29 is 0 Å². The van der Waals surface area contributed by atoms with Crippen LogP contribution in [-0.2, 0) is 0 Å². The van der Waals surface area contributed by atoms with Crippen molar-refractivity contribution in [1.29, 1.82) is 5.26 Å². The third-order valence-corrected chi connectivity index (χ3v) is 4.05. The molecule has 0 bridgehead atoms. The van der Waals surface area contributed by atoms with Crippen LogP contribution in [0.1, 0.15) is 45.4 Å². The maximum Gasteiger partial charge on any atom is 0.0916 e. The van der Waals surface area contributed by atoms with E-state index in [-0.39, 0.29) is 5.25 Å². The van der Waals surface area contributed by atoms with Crippen LogP contribution in [0, 0.1) is 11.3 Å². The molecule has 1 saturated carbocycles. The topological polar surface area (TPSA) is 23.8 Å². The van der Waals surface area contributed by atoms with Gasteiger partial charge in [-0.25, -0.2) is 0 Å². The average Bonchev–Trinajstić information content (AvgIpc) is 2.16. The first-order valence-electron chi connectivity index (χ1n) is 4.92. The van der Waals surface area contributed by atoms with Gasteiger partial charge in [-0.1, -0.05) is 26.2 Å². The Bertz CT molecular complexity index is 156. The molecule has 0 aromatic carbocycles. The molecule has 0 aliphatic heterocycles. The van der Waals surface area contributed by atoms with Crippen molar-refractivity contribution in [1.82, 2.24) is 0 Å². The predicted molar refractivity (Wildman–Crippen MR) is 54.2 cm³/mol. The molecule has 68 valence electrons. The zero-order valence-electron chi connectivity index (χ0n) is 7.75. The van der Waals surface area contributed by atoms with Crippen molar-refractivity contribution in [3.63, 3.8) is 0 Å². The molecule has 0 heterocycles. The van der Waals surface area contributed by atoms with Crippen molar-refractivity contribution in [2.45, 2.75) is 55.9 Å². The van der Waals surface area contributed by atoms with Crippen LogP contribution in [0.5, 0.6) is 0 Å². The predicted octanol–water partition coefficient (Wildman–Crippen LogP) is 3.35.